The maximum Gasteiger partial charge on any atom is 0.407 e. The second-order valence-corrected chi connectivity index (χ2v) is 12.5. The van der Waals surface area contributed by atoms with Crippen molar-refractivity contribution in [2.24, 2.45) is 5.92 Å². The maximum atomic E-state index is 13.6. The summed E-state index contributed by atoms with van der Waals surface area (Å²) in [6, 6.07) is 24.6. The number of alkyl carbamates (subject to hydrolysis) is 1. The van der Waals surface area contributed by atoms with Gasteiger partial charge in [-0.25, -0.2) is 9.59 Å². The smallest absolute Gasteiger partial charge is 0.407 e. The van der Waals surface area contributed by atoms with E-state index in [2.05, 4.69) is 34.9 Å². The average Bonchev–Trinajstić information content (AvgIpc) is 3.35. The molecule has 0 heterocycles. The van der Waals surface area contributed by atoms with E-state index >= 15 is 0 Å². The lowest BCUT2D eigenvalue weighted by atomic mass is 9.95. The topological polar surface area (TPSA) is 120 Å². The highest BCUT2D eigenvalue weighted by atomic mass is 16.6. The molecular weight excluding hydrogens is 584 g/mol. The van der Waals surface area contributed by atoms with Crippen molar-refractivity contribution in [2.75, 3.05) is 20.3 Å². The second-order valence-electron chi connectivity index (χ2n) is 12.5. The summed E-state index contributed by atoms with van der Waals surface area (Å²) in [6.07, 6.45) is 1.05. The van der Waals surface area contributed by atoms with Crippen LogP contribution in [0.25, 0.3) is 11.1 Å². The molecule has 2 atom stereocenters. The van der Waals surface area contributed by atoms with Gasteiger partial charge in [0.2, 0.25) is 5.91 Å². The lowest BCUT2D eigenvalue weighted by Crippen LogP contribution is -2.46. The first kappa shape index (κ1) is 34.2. The summed E-state index contributed by atoms with van der Waals surface area (Å²) >= 11 is 0. The quantitative estimate of drug-likeness (QED) is 0.129. The molecule has 244 valence electrons. The minimum Gasteiger partial charge on any atom is -0.467 e. The summed E-state index contributed by atoms with van der Waals surface area (Å²) in [6.45, 7) is 5.88. The molecule has 0 unspecified atom stereocenters. The van der Waals surface area contributed by atoms with Gasteiger partial charge >= 0.3 is 18.0 Å². The molecule has 2 amide bonds. The summed E-state index contributed by atoms with van der Waals surface area (Å²) in [5.41, 5.74) is 4.72. The second kappa shape index (κ2) is 16.1. The molecule has 0 aromatic heterocycles. The van der Waals surface area contributed by atoms with Gasteiger partial charge in [-0.15, -0.1) is 0 Å². The molecule has 1 aliphatic rings. The van der Waals surface area contributed by atoms with Crippen LogP contribution in [0.1, 0.15) is 69.1 Å². The van der Waals surface area contributed by atoms with Crippen molar-refractivity contribution in [3.05, 3.63) is 95.6 Å². The minimum atomic E-state index is -0.918. The van der Waals surface area contributed by atoms with Crippen LogP contribution in [0.5, 0.6) is 0 Å². The molecule has 0 aliphatic heterocycles. The van der Waals surface area contributed by atoms with E-state index in [1.807, 2.05) is 54.6 Å². The van der Waals surface area contributed by atoms with Gasteiger partial charge < -0.3 is 24.8 Å². The van der Waals surface area contributed by atoms with Crippen molar-refractivity contribution in [3.63, 3.8) is 0 Å². The number of hydrogen-bond donors (Lipinski definition) is 2. The molecule has 0 fully saturated rings. The Bertz CT molecular complexity index is 1450. The van der Waals surface area contributed by atoms with Gasteiger partial charge in [-0.1, -0.05) is 85.3 Å². The first-order valence-electron chi connectivity index (χ1n) is 15.8. The highest BCUT2D eigenvalue weighted by molar-refractivity contribution is 5.88. The zero-order valence-corrected chi connectivity index (χ0v) is 27.0. The van der Waals surface area contributed by atoms with Crippen molar-refractivity contribution in [2.45, 2.75) is 70.4 Å². The number of carbonyl (C=O) groups excluding carboxylic acids is 4. The van der Waals surface area contributed by atoms with E-state index in [9.17, 15) is 19.2 Å². The van der Waals surface area contributed by atoms with Crippen LogP contribution in [0.15, 0.2) is 78.9 Å². The molecule has 0 saturated carbocycles. The van der Waals surface area contributed by atoms with Crippen LogP contribution < -0.4 is 10.6 Å². The largest absolute Gasteiger partial charge is 0.467 e. The van der Waals surface area contributed by atoms with Gasteiger partial charge in [0.25, 0.3) is 0 Å². The molecule has 9 heteroatoms. The number of amides is 2. The number of esters is 2. The lowest BCUT2D eigenvalue weighted by Gasteiger charge is -2.22. The van der Waals surface area contributed by atoms with Crippen LogP contribution in [-0.2, 0) is 35.0 Å². The van der Waals surface area contributed by atoms with Crippen LogP contribution in [0.2, 0.25) is 0 Å². The third-order valence-electron chi connectivity index (χ3n) is 7.89. The molecule has 9 nitrogen and oxygen atoms in total. The summed E-state index contributed by atoms with van der Waals surface area (Å²) in [7, 11) is 1.28. The number of fused-ring (bicyclic) bond motifs is 3. The van der Waals surface area contributed by atoms with Gasteiger partial charge in [-0.3, -0.25) is 9.59 Å². The minimum absolute atomic E-state index is 0.0999. The van der Waals surface area contributed by atoms with E-state index in [1.54, 1.807) is 20.8 Å². The number of benzene rings is 3. The average molecular weight is 629 g/mol. The van der Waals surface area contributed by atoms with Crippen molar-refractivity contribution >= 4 is 23.9 Å². The van der Waals surface area contributed by atoms with Crippen LogP contribution in [0.3, 0.4) is 0 Å². The normalized spacial score (nSPS) is 13.5. The van der Waals surface area contributed by atoms with E-state index < -0.39 is 41.5 Å². The van der Waals surface area contributed by atoms with Crippen LogP contribution >= 0.6 is 0 Å². The highest BCUT2D eigenvalue weighted by Crippen LogP contribution is 2.44. The monoisotopic (exact) mass is 628 g/mol. The molecule has 46 heavy (non-hydrogen) atoms. The van der Waals surface area contributed by atoms with Crippen molar-refractivity contribution < 1.29 is 33.4 Å². The van der Waals surface area contributed by atoms with Gasteiger partial charge in [-0.2, -0.15) is 0 Å². The van der Waals surface area contributed by atoms with Gasteiger partial charge in [-0.05, 0) is 61.4 Å². The molecular formula is C37H44N2O7. The van der Waals surface area contributed by atoms with Crippen LogP contribution in [-0.4, -0.2) is 55.8 Å². The molecule has 1 aliphatic carbocycles. The first-order valence-corrected chi connectivity index (χ1v) is 15.8. The van der Waals surface area contributed by atoms with Gasteiger partial charge in [0, 0.05) is 24.8 Å². The molecule has 4 rings (SSSR count). The number of unbranched alkanes of at least 4 members (excludes halogenated alkanes) is 1. The predicted molar refractivity (Wildman–Crippen MR) is 175 cm³/mol. The Morgan fingerprint density at radius 2 is 1.43 bits per heavy atom. The summed E-state index contributed by atoms with van der Waals surface area (Å²) in [4.78, 5) is 51.5. The fourth-order valence-electron chi connectivity index (χ4n) is 5.70. The third-order valence-corrected chi connectivity index (χ3v) is 7.89. The predicted octanol–water partition coefficient (Wildman–Crippen LogP) is 5.94. The molecule has 2 N–H and O–H groups in total. The Hall–Kier alpha value is -4.66. The van der Waals surface area contributed by atoms with E-state index in [0.29, 0.717) is 25.8 Å². The van der Waals surface area contributed by atoms with Gasteiger partial charge in [0.15, 0.2) is 0 Å². The number of hydrogen-bond acceptors (Lipinski definition) is 7. The molecule has 0 bridgehead atoms. The van der Waals surface area contributed by atoms with Gasteiger partial charge in [0.1, 0.15) is 18.2 Å². The zero-order chi connectivity index (χ0) is 33.1. The van der Waals surface area contributed by atoms with Gasteiger partial charge in [0.05, 0.1) is 13.5 Å². The molecule has 0 radical (unpaired) electrons. The highest BCUT2D eigenvalue weighted by Gasteiger charge is 2.31. The fraction of sp³-hybridized carbons (Fsp3) is 0.405. The Labute approximate surface area is 271 Å². The van der Waals surface area contributed by atoms with E-state index in [0.717, 1.165) is 27.8 Å². The van der Waals surface area contributed by atoms with Crippen molar-refractivity contribution in [1.82, 2.24) is 10.6 Å². The Balaban J connectivity index is 1.40. The Morgan fingerprint density at radius 3 is 2.04 bits per heavy atom. The van der Waals surface area contributed by atoms with Crippen molar-refractivity contribution in [1.29, 1.82) is 0 Å². The molecule has 3 aromatic carbocycles. The molecule has 0 spiro atoms. The van der Waals surface area contributed by atoms with E-state index in [4.69, 9.17) is 14.2 Å². The maximum absolute atomic E-state index is 13.6. The van der Waals surface area contributed by atoms with E-state index in [1.165, 1.54) is 7.11 Å². The first-order chi connectivity index (χ1) is 22.1. The lowest BCUT2D eigenvalue weighted by molar-refractivity contribution is -0.148. The molecule has 0 saturated heterocycles. The van der Waals surface area contributed by atoms with Crippen LogP contribution in [0, 0.1) is 5.92 Å². The summed E-state index contributed by atoms with van der Waals surface area (Å²) in [5, 5.41) is 5.54. The van der Waals surface area contributed by atoms with Crippen LogP contribution in [0.4, 0.5) is 4.79 Å². The third kappa shape index (κ3) is 9.67. The number of carbonyl (C=O) groups is 4. The van der Waals surface area contributed by atoms with E-state index in [-0.39, 0.29) is 25.4 Å². The number of methoxy groups -OCH3 is 1. The summed E-state index contributed by atoms with van der Waals surface area (Å²) < 4.78 is 16.1. The Morgan fingerprint density at radius 1 is 0.826 bits per heavy atom. The number of rotatable bonds is 14. The standard InChI is InChI=1S/C37H44N2O7/c1-37(2,3)46-36(43)38-21-13-12-16-26(34(41)39-32(35(42)44-4)22-25-14-6-5-7-15-25)23-33(40)45-24-31-29-19-10-8-17-27(29)28-18-9-11-20-30(28)31/h5-11,14-15,17-20,26,31-32H,12-13,16,21-24H2,1-4H3,(H,38,43)(H,39,41)/t26-,32+/m1/s1. The Kier molecular flexibility index (Phi) is 11.9. The summed E-state index contributed by atoms with van der Waals surface area (Å²) in [5.74, 6) is -2.34. The number of nitrogens with one attached hydrogen (secondary N) is 2. The fourth-order valence-corrected chi connectivity index (χ4v) is 5.70. The number of ether oxygens (including phenoxy) is 3. The van der Waals surface area contributed by atoms with Crippen molar-refractivity contribution in [3.8, 4) is 11.1 Å². The SMILES string of the molecule is COC(=O)[C@H](Cc1ccccc1)NC(=O)[C@H](CCCCNC(=O)OC(C)(C)C)CC(=O)OCC1c2ccccc2-c2ccccc21. The zero-order valence-electron chi connectivity index (χ0n) is 27.0. The molecule has 3 aromatic rings.